The van der Waals surface area contributed by atoms with Crippen LogP contribution in [0.15, 0.2) is 58.1 Å². The average Bonchev–Trinajstić information content (AvgIpc) is 2.80. The Balaban J connectivity index is 2.17. The highest BCUT2D eigenvalue weighted by Crippen LogP contribution is 2.27. The number of benzene rings is 2. The zero-order valence-corrected chi connectivity index (χ0v) is 11.6. The fourth-order valence-electron chi connectivity index (χ4n) is 2.24. The third kappa shape index (κ3) is 2.06. The molecule has 100 valence electrons. The number of halogens is 1. The van der Waals surface area contributed by atoms with Gasteiger partial charge in [0.1, 0.15) is 5.58 Å². The largest absolute Gasteiger partial charge is 0.454 e. The van der Waals surface area contributed by atoms with E-state index in [1.165, 1.54) is 0 Å². The second-order valence-electron chi connectivity index (χ2n) is 4.51. The molecule has 3 rings (SSSR count). The van der Waals surface area contributed by atoms with Crippen molar-refractivity contribution in [1.82, 2.24) is 0 Å². The van der Waals surface area contributed by atoms with Crippen LogP contribution in [0.2, 0.25) is 5.02 Å². The highest BCUT2D eigenvalue weighted by Gasteiger charge is 2.17. The molecule has 1 heterocycles. The summed E-state index contributed by atoms with van der Waals surface area (Å²) in [6, 6.07) is 14.8. The molecule has 20 heavy (non-hydrogen) atoms. The molecule has 0 radical (unpaired) electrons. The van der Waals surface area contributed by atoms with E-state index in [2.05, 4.69) is 5.16 Å². The van der Waals surface area contributed by atoms with E-state index in [1.54, 1.807) is 24.3 Å². The smallest absolute Gasteiger partial charge is 0.160 e. The van der Waals surface area contributed by atoms with E-state index in [-0.39, 0.29) is 0 Å². The number of hydrogen-bond donors (Lipinski definition) is 1. The van der Waals surface area contributed by atoms with Crippen molar-refractivity contribution in [3.8, 4) is 0 Å². The third-order valence-electron chi connectivity index (χ3n) is 3.28. The maximum atomic E-state index is 9.35. The van der Waals surface area contributed by atoms with Gasteiger partial charge in [-0.3, -0.25) is 0 Å². The minimum atomic E-state index is 0.398. The molecule has 1 aromatic heterocycles. The van der Waals surface area contributed by atoms with Crippen LogP contribution in [-0.2, 0) is 0 Å². The SMILES string of the molecule is Cc1c(/C(=N\O)c2ccc(Cl)cc2)oc2ccccc12. The van der Waals surface area contributed by atoms with Crippen molar-refractivity contribution in [3.63, 3.8) is 0 Å². The van der Waals surface area contributed by atoms with E-state index in [4.69, 9.17) is 16.0 Å². The first-order valence-corrected chi connectivity index (χ1v) is 6.55. The van der Waals surface area contributed by atoms with Crippen LogP contribution in [0.1, 0.15) is 16.9 Å². The Labute approximate surface area is 121 Å². The molecule has 1 N–H and O–H groups in total. The first-order chi connectivity index (χ1) is 9.70. The number of para-hydroxylation sites is 1. The fraction of sp³-hybridized carbons (Fsp3) is 0.0625. The first kappa shape index (κ1) is 12.8. The van der Waals surface area contributed by atoms with Crippen LogP contribution in [-0.4, -0.2) is 10.9 Å². The summed E-state index contributed by atoms with van der Waals surface area (Å²) in [6.07, 6.45) is 0. The van der Waals surface area contributed by atoms with Gasteiger partial charge in [-0.15, -0.1) is 0 Å². The summed E-state index contributed by atoms with van der Waals surface area (Å²) < 4.78 is 5.81. The number of nitrogens with zero attached hydrogens (tertiary/aromatic N) is 1. The van der Waals surface area contributed by atoms with E-state index in [0.29, 0.717) is 16.5 Å². The Morgan fingerprint density at radius 1 is 1.10 bits per heavy atom. The highest BCUT2D eigenvalue weighted by molar-refractivity contribution is 6.30. The minimum absolute atomic E-state index is 0.398. The number of furan rings is 1. The standard InChI is InChI=1S/C16H12ClNO2/c1-10-13-4-2-3-5-14(13)20-16(10)15(18-19)11-6-8-12(17)9-7-11/h2-9,19H,1H3/b18-15-. The number of aryl methyl sites for hydroxylation is 1. The average molecular weight is 286 g/mol. The molecule has 3 nitrogen and oxygen atoms in total. The topological polar surface area (TPSA) is 45.7 Å². The molecular formula is C16H12ClNO2. The van der Waals surface area contributed by atoms with Gasteiger partial charge < -0.3 is 9.62 Å². The van der Waals surface area contributed by atoms with Gasteiger partial charge in [0, 0.05) is 21.5 Å². The normalized spacial score (nSPS) is 12.0. The van der Waals surface area contributed by atoms with E-state index >= 15 is 0 Å². The molecule has 0 unspecified atom stereocenters. The lowest BCUT2D eigenvalue weighted by Crippen LogP contribution is -2.03. The van der Waals surface area contributed by atoms with Gasteiger partial charge in [0.25, 0.3) is 0 Å². The summed E-state index contributed by atoms with van der Waals surface area (Å²) >= 11 is 5.88. The van der Waals surface area contributed by atoms with Crippen LogP contribution in [0.5, 0.6) is 0 Å². The molecule has 2 aromatic carbocycles. The molecule has 0 bridgehead atoms. The van der Waals surface area contributed by atoms with Crippen molar-refractivity contribution in [1.29, 1.82) is 0 Å². The molecule has 4 heteroatoms. The Morgan fingerprint density at radius 2 is 1.80 bits per heavy atom. The van der Waals surface area contributed by atoms with E-state index in [9.17, 15) is 5.21 Å². The lowest BCUT2D eigenvalue weighted by atomic mass is 10.0. The predicted molar refractivity (Wildman–Crippen MR) is 79.8 cm³/mol. The van der Waals surface area contributed by atoms with Crippen molar-refractivity contribution >= 4 is 28.3 Å². The summed E-state index contributed by atoms with van der Waals surface area (Å²) in [5.74, 6) is 0.566. The van der Waals surface area contributed by atoms with Crippen molar-refractivity contribution in [2.75, 3.05) is 0 Å². The van der Waals surface area contributed by atoms with Crippen LogP contribution in [0.3, 0.4) is 0 Å². The molecule has 0 spiro atoms. The van der Waals surface area contributed by atoms with Gasteiger partial charge in [-0.1, -0.05) is 47.1 Å². The van der Waals surface area contributed by atoms with Gasteiger partial charge >= 0.3 is 0 Å². The van der Waals surface area contributed by atoms with Crippen LogP contribution in [0, 0.1) is 6.92 Å². The van der Waals surface area contributed by atoms with Gasteiger partial charge in [0.15, 0.2) is 11.5 Å². The molecule has 0 saturated heterocycles. The van der Waals surface area contributed by atoms with E-state index < -0.39 is 0 Å². The van der Waals surface area contributed by atoms with Crippen molar-refractivity contribution in [2.45, 2.75) is 6.92 Å². The van der Waals surface area contributed by atoms with Crippen LogP contribution >= 0.6 is 11.6 Å². The molecular weight excluding hydrogens is 274 g/mol. The molecule has 0 aliphatic rings. The zero-order chi connectivity index (χ0) is 14.1. The zero-order valence-electron chi connectivity index (χ0n) is 10.8. The van der Waals surface area contributed by atoms with Gasteiger partial charge in [-0.05, 0) is 25.1 Å². The summed E-state index contributed by atoms with van der Waals surface area (Å²) in [5, 5.41) is 14.4. The Bertz CT molecular complexity index is 788. The van der Waals surface area contributed by atoms with E-state index in [0.717, 1.165) is 22.1 Å². The van der Waals surface area contributed by atoms with Crippen molar-refractivity contribution in [2.24, 2.45) is 5.16 Å². The van der Waals surface area contributed by atoms with Crippen LogP contribution in [0.4, 0.5) is 0 Å². The van der Waals surface area contributed by atoms with Gasteiger partial charge in [0.05, 0.1) is 0 Å². The Hall–Kier alpha value is -2.26. The van der Waals surface area contributed by atoms with Crippen molar-refractivity contribution < 1.29 is 9.62 Å². The number of hydrogen-bond acceptors (Lipinski definition) is 3. The van der Waals surface area contributed by atoms with Crippen LogP contribution < -0.4 is 0 Å². The van der Waals surface area contributed by atoms with Gasteiger partial charge in [-0.2, -0.15) is 0 Å². The second kappa shape index (κ2) is 5.02. The number of rotatable bonds is 2. The second-order valence-corrected chi connectivity index (χ2v) is 4.94. The molecule has 0 amide bonds. The lowest BCUT2D eigenvalue weighted by molar-refractivity contribution is 0.318. The van der Waals surface area contributed by atoms with E-state index in [1.807, 2.05) is 31.2 Å². The molecule has 0 saturated carbocycles. The molecule has 3 aromatic rings. The Morgan fingerprint density at radius 3 is 2.45 bits per heavy atom. The minimum Gasteiger partial charge on any atom is -0.454 e. The molecule has 0 fully saturated rings. The predicted octanol–water partition coefficient (Wildman–Crippen LogP) is 4.62. The molecule has 0 atom stereocenters. The number of oxime groups is 1. The maximum Gasteiger partial charge on any atom is 0.160 e. The van der Waals surface area contributed by atoms with Gasteiger partial charge in [0.2, 0.25) is 0 Å². The third-order valence-corrected chi connectivity index (χ3v) is 3.53. The highest BCUT2D eigenvalue weighted by atomic mass is 35.5. The summed E-state index contributed by atoms with van der Waals surface area (Å²) in [4.78, 5) is 0. The lowest BCUT2D eigenvalue weighted by Gasteiger charge is -2.03. The monoisotopic (exact) mass is 285 g/mol. The fourth-order valence-corrected chi connectivity index (χ4v) is 2.37. The Kier molecular flexibility index (Phi) is 3.20. The number of fused-ring (bicyclic) bond motifs is 1. The molecule has 0 aliphatic heterocycles. The first-order valence-electron chi connectivity index (χ1n) is 6.17. The summed E-state index contributed by atoms with van der Waals surface area (Å²) in [7, 11) is 0. The molecule has 0 aliphatic carbocycles. The summed E-state index contributed by atoms with van der Waals surface area (Å²) in [5.41, 5.74) is 2.87. The van der Waals surface area contributed by atoms with Crippen molar-refractivity contribution in [3.05, 3.63) is 70.4 Å². The maximum absolute atomic E-state index is 9.35. The van der Waals surface area contributed by atoms with Crippen LogP contribution in [0.25, 0.3) is 11.0 Å². The quantitative estimate of drug-likeness (QED) is 0.424. The van der Waals surface area contributed by atoms with Gasteiger partial charge in [-0.25, -0.2) is 0 Å². The summed E-state index contributed by atoms with van der Waals surface area (Å²) in [6.45, 7) is 1.95.